The molecule has 0 radical (unpaired) electrons. The second kappa shape index (κ2) is 9.45. The van der Waals surface area contributed by atoms with Crippen molar-refractivity contribution in [1.82, 2.24) is 4.57 Å². The molecule has 0 unspecified atom stereocenters. The maximum Gasteiger partial charge on any atom is 0.411 e. The van der Waals surface area contributed by atoms with E-state index in [9.17, 15) is 18.0 Å². The molecule has 3 rings (SSSR count). The molecular weight excluding hydrogens is 395 g/mol. The van der Waals surface area contributed by atoms with Crippen LogP contribution in [0.4, 0.5) is 13.2 Å². The van der Waals surface area contributed by atoms with Crippen molar-refractivity contribution >= 4 is 11.9 Å². The molecule has 0 saturated carbocycles. The second-order valence-corrected chi connectivity index (χ2v) is 6.52. The van der Waals surface area contributed by atoms with E-state index in [4.69, 9.17) is 9.47 Å². The Morgan fingerprint density at radius 1 is 1.07 bits per heavy atom. The highest BCUT2D eigenvalue weighted by Gasteiger charge is 2.27. The number of hydrogen-bond acceptors (Lipinski definition) is 3. The lowest BCUT2D eigenvalue weighted by atomic mass is 10.1. The zero-order valence-corrected chi connectivity index (χ0v) is 16.2. The lowest BCUT2D eigenvalue weighted by Crippen LogP contribution is -2.16. The lowest BCUT2D eigenvalue weighted by molar-refractivity contribution is -0.176. The Kier molecular flexibility index (Phi) is 6.74. The highest BCUT2D eigenvalue weighted by molar-refractivity contribution is 6.07. The van der Waals surface area contributed by atoms with E-state index in [1.54, 1.807) is 42.5 Å². The van der Waals surface area contributed by atoms with Crippen LogP contribution in [0.5, 0.6) is 5.75 Å². The maximum atomic E-state index is 12.6. The van der Waals surface area contributed by atoms with E-state index in [0.29, 0.717) is 22.4 Å². The van der Waals surface area contributed by atoms with Crippen LogP contribution in [0.1, 0.15) is 21.5 Å². The van der Waals surface area contributed by atoms with E-state index in [-0.39, 0.29) is 12.4 Å². The van der Waals surface area contributed by atoms with Gasteiger partial charge in [0.25, 0.3) is 0 Å². The summed E-state index contributed by atoms with van der Waals surface area (Å²) in [6.07, 6.45) is 2.42. The zero-order valence-electron chi connectivity index (χ0n) is 16.2. The predicted molar refractivity (Wildman–Crippen MR) is 108 cm³/mol. The van der Waals surface area contributed by atoms with Crippen molar-refractivity contribution in [2.45, 2.75) is 12.8 Å². The number of methoxy groups -OCH3 is 1. The van der Waals surface area contributed by atoms with Gasteiger partial charge in [0.2, 0.25) is 0 Å². The Bertz CT molecular complexity index is 1020. The molecule has 3 aromatic rings. The van der Waals surface area contributed by atoms with Gasteiger partial charge in [-0.05, 0) is 48.0 Å². The first kappa shape index (κ1) is 21.4. The number of hydrogen-bond donors (Lipinski definition) is 0. The van der Waals surface area contributed by atoms with Gasteiger partial charge in [-0.15, -0.1) is 0 Å². The highest BCUT2D eigenvalue weighted by Crippen LogP contribution is 2.23. The van der Waals surface area contributed by atoms with Crippen molar-refractivity contribution in [2.24, 2.45) is 0 Å². The average molecular weight is 415 g/mol. The molecule has 0 aliphatic rings. The quantitative estimate of drug-likeness (QED) is 0.362. The molecule has 0 bridgehead atoms. The number of halogens is 3. The predicted octanol–water partition coefficient (Wildman–Crippen LogP) is 5.46. The molecule has 7 heteroatoms. The Morgan fingerprint density at radius 3 is 2.53 bits per heavy atom. The molecule has 4 nitrogen and oxygen atoms in total. The van der Waals surface area contributed by atoms with Crippen LogP contribution in [0.25, 0.3) is 11.8 Å². The monoisotopic (exact) mass is 415 g/mol. The van der Waals surface area contributed by atoms with Gasteiger partial charge in [0, 0.05) is 29.2 Å². The molecule has 0 atom stereocenters. The van der Waals surface area contributed by atoms with Crippen LogP contribution in [0.2, 0.25) is 0 Å². The van der Waals surface area contributed by atoms with Gasteiger partial charge in [-0.1, -0.05) is 24.3 Å². The number of benzene rings is 2. The molecule has 0 N–H and O–H groups in total. The topological polar surface area (TPSA) is 40.5 Å². The third-order valence-electron chi connectivity index (χ3n) is 4.29. The van der Waals surface area contributed by atoms with E-state index in [2.05, 4.69) is 0 Å². The normalized spacial score (nSPS) is 11.7. The summed E-state index contributed by atoms with van der Waals surface area (Å²) >= 11 is 0. The van der Waals surface area contributed by atoms with Crippen LogP contribution in [-0.2, 0) is 11.3 Å². The smallest absolute Gasteiger partial charge is 0.411 e. The van der Waals surface area contributed by atoms with Gasteiger partial charge in [0.1, 0.15) is 12.4 Å². The number of aromatic nitrogens is 1. The largest absolute Gasteiger partial charge is 0.496 e. The Hall–Kier alpha value is -3.32. The first-order chi connectivity index (χ1) is 14.4. The summed E-state index contributed by atoms with van der Waals surface area (Å²) in [4.78, 5) is 12.6. The highest BCUT2D eigenvalue weighted by atomic mass is 19.4. The molecule has 0 aliphatic heterocycles. The SMILES string of the molecule is COc1ccc(/C=C/C(=O)c2cccc(-n3cccc3)c2)cc1COCC(F)(F)F. The number of ketones is 1. The van der Waals surface area contributed by atoms with Gasteiger partial charge in [0.05, 0.1) is 13.7 Å². The molecule has 0 fully saturated rings. The Balaban J connectivity index is 1.73. The van der Waals surface area contributed by atoms with Gasteiger partial charge < -0.3 is 14.0 Å². The summed E-state index contributed by atoms with van der Waals surface area (Å²) in [5, 5.41) is 0. The summed E-state index contributed by atoms with van der Waals surface area (Å²) in [7, 11) is 1.43. The number of ether oxygens (including phenoxy) is 2. The first-order valence-electron chi connectivity index (χ1n) is 9.13. The van der Waals surface area contributed by atoms with Gasteiger partial charge >= 0.3 is 6.18 Å². The van der Waals surface area contributed by atoms with Crippen molar-refractivity contribution in [2.75, 3.05) is 13.7 Å². The van der Waals surface area contributed by atoms with Crippen molar-refractivity contribution in [1.29, 1.82) is 0 Å². The van der Waals surface area contributed by atoms with Crippen LogP contribution in [0, 0.1) is 0 Å². The van der Waals surface area contributed by atoms with Crippen molar-refractivity contribution in [3.05, 3.63) is 89.8 Å². The minimum Gasteiger partial charge on any atom is -0.496 e. The van der Waals surface area contributed by atoms with Gasteiger partial charge in [0.15, 0.2) is 5.78 Å². The van der Waals surface area contributed by atoms with E-state index < -0.39 is 12.8 Å². The van der Waals surface area contributed by atoms with Crippen molar-refractivity contribution in [3.63, 3.8) is 0 Å². The lowest BCUT2D eigenvalue weighted by Gasteiger charge is -2.11. The van der Waals surface area contributed by atoms with E-state index >= 15 is 0 Å². The van der Waals surface area contributed by atoms with Crippen LogP contribution in [-0.4, -0.2) is 30.2 Å². The van der Waals surface area contributed by atoms with E-state index in [0.717, 1.165) is 5.69 Å². The standard InChI is InChI=1S/C23H20F3NO3/c1-29-22-10-8-17(13-19(22)15-30-16-23(24,25)26)7-9-21(28)18-5-4-6-20(14-18)27-11-2-3-12-27/h2-14H,15-16H2,1H3/b9-7+. The molecule has 0 amide bonds. The first-order valence-corrected chi connectivity index (χ1v) is 9.13. The summed E-state index contributed by atoms with van der Waals surface area (Å²) in [5.41, 5.74) is 2.51. The fourth-order valence-electron chi connectivity index (χ4n) is 2.89. The van der Waals surface area contributed by atoms with Crippen LogP contribution in [0.15, 0.2) is 73.1 Å². The molecule has 0 spiro atoms. The minimum absolute atomic E-state index is 0.185. The van der Waals surface area contributed by atoms with E-state index in [1.807, 2.05) is 35.2 Å². The molecule has 2 aromatic carbocycles. The number of carbonyl (C=O) groups excluding carboxylic acids is 1. The number of nitrogens with zero attached hydrogens (tertiary/aromatic N) is 1. The second-order valence-electron chi connectivity index (χ2n) is 6.52. The van der Waals surface area contributed by atoms with Crippen LogP contribution in [0.3, 0.4) is 0 Å². The van der Waals surface area contributed by atoms with Crippen LogP contribution >= 0.6 is 0 Å². The van der Waals surface area contributed by atoms with Gasteiger partial charge in [-0.2, -0.15) is 13.2 Å². The summed E-state index contributed by atoms with van der Waals surface area (Å²) in [6.45, 7) is -1.59. The number of alkyl halides is 3. The van der Waals surface area contributed by atoms with Crippen molar-refractivity contribution in [3.8, 4) is 11.4 Å². The van der Waals surface area contributed by atoms with E-state index in [1.165, 1.54) is 13.2 Å². The summed E-state index contributed by atoms with van der Waals surface area (Å²) in [6, 6.07) is 16.0. The molecule has 1 aromatic heterocycles. The van der Waals surface area contributed by atoms with Crippen molar-refractivity contribution < 1.29 is 27.4 Å². The average Bonchev–Trinajstić information content (AvgIpc) is 3.26. The third-order valence-corrected chi connectivity index (χ3v) is 4.29. The zero-order chi connectivity index (χ0) is 21.6. The Labute approximate surface area is 172 Å². The fourth-order valence-corrected chi connectivity index (χ4v) is 2.89. The molecule has 30 heavy (non-hydrogen) atoms. The minimum atomic E-state index is -4.40. The molecule has 1 heterocycles. The number of rotatable bonds is 8. The third kappa shape index (κ3) is 5.84. The molecule has 156 valence electrons. The number of allylic oxidation sites excluding steroid dienone is 1. The summed E-state index contributed by atoms with van der Waals surface area (Å²) in [5.74, 6) is 0.231. The summed E-state index contributed by atoms with van der Waals surface area (Å²) < 4.78 is 48.7. The van der Waals surface area contributed by atoms with Gasteiger partial charge in [-0.25, -0.2) is 0 Å². The Morgan fingerprint density at radius 2 is 1.83 bits per heavy atom. The van der Waals surface area contributed by atoms with Crippen LogP contribution < -0.4 is 4.74 Å². The molecular formula is C23H20F3NO3. The van der Waals surface area contributed by atoms with Gasteiger partial charge in [-0.3, -0.25) is 4.79 Å². The maximum absolute atomic E-state index is 12.6. The molecule has 0 aliphatic carbocycles. The fraction of sp³-hybridized carbons (Fsp3) is 0.174. The number of carbonyl (C=O) groups is 1. The molecule has 0 saturated heterocycles.